The maximum Gasteiger partial charge on any atom is 0.242 e. The molecule has 0 aliphatic rings. The molecule has 112 valence electrons. The van der Waals surface area contributed by atoms with E-state index >= 15 is 0 Å². The third kappa shape index (κ3) is 2.78. The van der Waals surface area contributed by atoms with Crippen LogP contribution >= 0.6 is 0 Å². The van der Waals surface area contributed by atoms with E-state index in [4.69, 9.17) is 9.47 Å². The molecule has 0 saturated heterocycles. The summed E-state index contributed by atoms with van der Waals surface area (Å²) in [7, 11) is 2.87. The molecule has 0 aromatic carbocycles. The third-order valence-electron chi connectivity index (χ3n) is 3.18. The van der Waals surface area contributed by atoms with Crippen molar-refractivity contribution in [1.82, 2.24) is 15.0 Å². The van der Waals surface area contributed by atoms with Crippen molar-refractivity contribution in [2.75, 3.05) is 14.2 Å². The van der Waals surface area contributed by atoms with E-state index in [1.54, 1.807) is 6.92 Å². The van der Waals surface area contributed by atoms with E-state index in [1.165, 1.54) is 32.5 Å². The number of halogens is 1. The number of aliphatic hydroxyl groups is 1. The molecule has 2 aromatic rings. The molecule has 0 aliphatic carbocycles. The van der Waals surface area contributed by atoms with Gasteiger partial charge in [0, 0.05) is 0 Å². The second kappa shape index (κ2) is 6.01. The van der Waals surface area contributed by atoms with E-state index in [2.05, 4.69) is 15.0 Å². The zero-order valence-corrected chi connectivity index (χ0v) is 12.0. The van der Waals surface area contributed by atoms with Crippen LogP contribution in [0.2, 0.25) is 0 Å². The summed E-state index contributed by atoms with van der Waals surface area (Å²) in [4.78, 5) is 12.2. The van der Waals surface area contributed by atoms with Crippen LogP contribution < -0.4 is 9.47 Å². The molecule has 6 nitrogen and oxygen atoms in total. The summed E-state index contributed by atoms with van der Waals surface area (Å²) in [6.45, 7) is 1.76. The molecule has 2 rings (SSSR count). The molecule has 2 aromatic heterocycles. The number of hydrogen-bond donors (Lipinski definition) is 1. The van der Waals surface area contributed by atoms with Gasteiger partial charge in [-0.2, -0.15) is 4.98 Å². The molecule has 7 heteroatoms. The predicted octanol–water partition coefficient (Wildman–Crippen LogP) is 1.67. The number of methoxy groups -OCH3 is 2. The molecule has 1 atom stereocenters. The highest BCUT2D eigenvalue weighted by Gasteiger charge is 2.36. The van der Waals surface area contributed by atoms with Crippen LogP contribution in [0, 0.1) is 5.82 Å². The Bertz CT molecular complexity index is 621. The van der Waals surface area contributed by atoms with Crippen LogP contribution in [0.25, 0.3) is 0 Å². The summed E-state index contributed by atoms with van der Waals surface area (Å²) in [5.74, 6) is -0.0871. The van der Waals surface area contributed by atoms with Crippen molar-refractivity contribution >= 4 is 0 Å². The highest BCUT2D eigenvalue weighted by molar-refractivity contribution is 5.35. The van der Waals surface area contributed by atoms with Gasteiger partial charge in [0.25, 0.3) is 0 Å². The first-order chi connectivity index (χ1) is 10.0. The Kier molecular flexibility index (Phi) is 4.32. The normalized spacial score (nSPS) is 13.6. The average Bonchev–Trinajstić information content (AvgIpc) is 2.54. The lowest BCUT2D eigenvalue weighted by atomic mass is 9.91. The van der Waals surface area contributed by atoms with Gasteiger partial charge in [0.15, 0.2) is 5.60 Å². The maximum atomic E-state index is 13.0. The molecule has 0 amide bonds. The van der Waals surface area contributed by atoms with Gasteiger partial charge in [0.1, 0.15) is 11.5 Å². The van der Waals surface area contributed by atoms with Crippen LogP contribution in [0.4, 0.5) is 4.39 Å². The highest BCUT2D eigenvalue weighted by Crippen LogP contribution is 2.35. The number of hydrogen-bond acceptors (Lipinski definition) is 6. The van der Waals surface area contributed by atoms with Crippen LogP contribution in [-0.4, -0.2) is 34.3 Å². The number of ether oxygens (including phenoxy) is 2. The average molecular weight is 293 g/mol. The second-order valence-electron chi connectivity index (χ2n) is 4.35. The molecule has 2 heterocycles. The summed E-state index contributed by atoms with van der Waals surface area (Å²) >= 11 is 0. The van der Waals surface area contributed by atoms with E-state index in [1.807, 2.05) is 0 Å². The Balaban J connectivity index is 2.56. The van der Waals surface area contributed by atoms with Gasteiger partial charge < -0.3 is 14.6 Å². The minimum absolute atomic E-state index is 0.129. The first-order valence-corrected chi connectivity index (χ1v) is 6.35. The summed E-state index contributed by atoms with van der Waals surface area (Å²) in [6.07, 6.45) is 2.68. The summed E-state index contributed by atoms with van der Waals surface area (Å²) in [5, 5.41) is 10.9. The van der Waals surface area contributed by atoms with Crippen molar-refractivity contribution in [3.63, 3.8) is 0 Å². The van der Waals surface area contributed by atoms with E-state index in [9.17, 15) is 9.50 Å². The van der Waals surface area contributed by atoms with Crippen molar-refractivity contribution < 1.29 is 19.0 Å². The standard InChI is InChI=1S/C14H16FN3O3/c1-4-14(19,10-6-5-9(15)7-16-10)12-13(21-3)18-11(20-2)8-17-12/h5-8,19H,4H2,1-3H3. The quantitative estimate of drug-likeness (QED) is 0.903. The van der Waals surface area contributed by atoms with Gasteiger partial charge in [-0.25, -0.2) is 9.37 Å². The zero-order chi connectivity index (χ0) is 15.5. The molecule has 1 unspecified atom stereocenters. The van der Waals surface area contributed by atoms with Crippen molar-refractivity contribution in [3.8, 4) is 11.8 Å². The summed E-state index contributed by atoms with van der Waals surface area (Å²) < 4.78 is 23.2. The fourth-order valence-corrected chi connectivity index (χ4v) is 1.97. The molecular formula is C14H16FN3O3. The van der Waals surface area contributed by atoms with Crippen LogP contribution in [-0.2, 0) is 5.60 Å². The molecule has 1 N–H and O–H groups in total. The van der Waals surface area contributed by atoms with Crippen molar-refractivity contribution in [2.45, 2.75) is 18.9 Å². The van der Waals surface area contributed by atoms with E-state index in [0.29, 0.717) is 0 Å². The summed E-state index contributed by atoms with van der Waals surface area (Å²) in [6, 6.07) is 2.64. The number of rotatable bonds is 5. The smallest absolute Gasteiger partial charge is 0.242 e. The molecule has 0 saturated carbocycles. The Morgan fingerprint density at radius 1 is 1.19 bits per heavy atom. The van der Waals surface area contributed by atoms with E-state index in [0.717, 1.165) is 6.20 Å². The topological polar surface area (TPSA) is 77.4 Å². The van der Waals surface area contributed by atoms with Crippen molar-refractivity contribution in [1.29, 1.82) is 0 Å². The zero-order valence-electron chi connectivity index (χ0n) is 12.0. The molecule has 0 fully saturated rings. The molecule has 0 bridgehead atoms. The fourth-order valence-electron chi connectivity index (χ4n) is 1.97. The van der Waals surface area contributed by atoms with Crippen LogP contribution in [0.5, 0.6) is 11.8 Å². The first-order valence-electron chi connectivity index (χ1n) is 6.35. The Labute approximate surface area is 121 Å². The van der Waals surface area contributed by atoms with E-state index in [-0.39, 0.29) is 29.6 Å². The SMILES string of the molecule is CCC(O)(c1ccc(F)cn1)c1ncc(OC)nc1OC. The number of nitrogens with zero attached hydrogens (tertiary/aromatic N) is 3. The Hall–Kier alpha value is -2.28. The van der Waals surface area contributed by atoms with Crippen LogP contribution in [0.3, 0.4) is 0 Å². The lowest BCUT2D eigenvalue weighted by molar-refractivity contribution is 0.0631. The fraction of sp³-hybridized carbons (Fsp3) is 0.357. The Morgan fingerprint density at radius 2 is 1.95 bits per heavy atom. The predicted molar refractivity (Wildman–Crippen MR) is 72.6 cm³/mol. The molecular weight excluding hydrogens is 277 g/mol. The minimum atomic E-state index is -1.53. The number of pyridine rings is 1. The number of aromatic nitrogens is 3. The lowest BCUT2D eigenvalue weighted by Gasteiger charge is -2.26. The molecule has 21 heavy (non-hydrogen) atoms. The minimum Gasteiger partial charge on any atom is -0.480 e. The van der Waals surface area contributed by atoms with Gasteiger partial charge in [0.05, 0.1) is 32.3 Å². The van der Waals surface area contributed by atoms with Crippen LogP contribution in [0.15, 0.2) is 24.5 Å². The van der Waals surface area contributed by atoms with Crippen molar-refractivity contribution in [3.05, 3.63) is 41.7 Å². The summed E-state index contributed by atoms with van der Waals surface area (Å²) in [5.41, 5.74) is -1.06. The third-order valence-corrected chi connectivity index (χ3v) is 3.18. The largest absolute Gasteiger partial charge is 0.480 e. The molecule has 0 aliphatic heterocycles. The van der Waals surface area contributed by atoms with Gasteiger partial charge in [-0.05, 0) is 18.6 Å². The van der Waals surface area contributed by atoms with Gasteiger partial charge >= 0.3 is 0 Å². The molecule has 0 spiro atoms. The van der Waals surface area contributed by atoms with E-state index < -0.39 is 11.4 Å². The van der Waals surface area contributed by atoms with Gasteiger partial charge in [0.2, 0.25) is 11.8 Å². The Morgan fingerprint density at radius 3 is 2.48 bits per heavy atom. The van der Waals surface area contributed by atoms with Crippen molar-refractivity contribution in [2.24, 2.45) is 0 Å². The van der Waals surface area contributed by atoms with Gasteiger partial charge in [-0.1, -0.05) is 6.92 Å². The lowest BCUT2D eigenvalue weighted by Crippen LogP contribution is -2.30. The van der Waals surface area contributed by atoms with Gasteiger partial charge in [-0.15, -0.1) is 0 Å². The maximum absolute atomic E-state index is 13.0. The van der Waals surface area contributed by atoms with Gasteiger partial charge in [-0.3, -0.25) is 4.98 Å². The second-order valence-corrected chi connectivity index (χ2v) is 4.35. The highest BCUT2D eigenvalue weighted by atomic mass is 19.1. The van der Waals surface area contributed by atoms with Crippen LogP contribution in [0.1, 0.15) is 24.7 Å². The molecule has 0 radical (unpaired) electrons. The monoisotopic (exact) mass is 293 g/mol. The first kappa shape index (κ1) is 15.1.